The molecule has 4 nitrogen and oxygen atoms in total. The molecule has 1 aliphatic rings. The number of hydrogen-bond donors (Lipinski definition) is 1. The van der Waals surface area contributed by atoms with Gasteiger partial charge in [0.05, 0.1) is 7.11 Å². The van der Waals surface area contributed by atoms with Gasteiger partial charge in [0, 0.05) is 5.56 Å². The number of alkyl carbamates (subject to hydrolysis) is 1. The number of amides is 1. The van der Waals surface area contributed by atoms with Crippen molar-refractivity contribution in [2.75, 3.05) is 13.7 Å². The van der Waals surface area contributed by atoms with Crippen LogP contribution in [0.1, 0.15) is 36.9 Å². The van der Waals surface area contributed by atoms with Crippen molar-refractivity contribution >= 4 is 18.5 Å². The number of ether oxygens (including phenoxy) is 2. The van der Waals surface area contributed by atoms with Gasteiger partial charge in [0.2, 0.25) is 0 Å². The molecule has 1 heterocycles. The minimum Gasteiger partial charge on any atom is -0.496 e. The first-order chi connectivity index (χ1) is 9.35. The Labute approximate surface area is 128 Å². The molecule has 0 saturated carbocycles. The van der Waals surface area contributed by atoms with Gasteiger partial charge in [-0.25, -0.2) is 13.6 Å². The van der Waals surface area contributed by atoms with E-state index in [9.17, 15) is 13.6 Å². The highest BCUT2D eigenvalue weighted by molar-refractivity contribution is 5.85. The first-order valence-corrected chi connectivity index (χ1v) is 6.34. The van der Waals surface area contributed by atoms with Gasteiger partial charge >= 0.3 is 12.0 Å². The molecule has 0 unspecified atom stereocenters. The van der Waals surface area contributed by atoms with Gasteiger partial charge in [0.15, 0.2) is 6.61 Å². The summed E-state index contributed by atoms with van der Waals surface area (Å²) < 4.78 is 37.5. The molecule has 1 saturated heterocycles. The molecule has 1 aliphatic heterocycles. The predicted molar refractivity (Wildman–Crippen MR) is 76.5 cm³/mol. The molecule has 0 radical (unpaired) electrons. The quantitative estimate of drug-likeness (QED) is 0.924. The highest BCUT2D eigenvalue weighted by Gasteiger charge is 2.48. The van der Waals surface area contributed by atoms with Crippen LogP contribution in [0.25, 0.3) is 0 Å². The van der Waals surface area contributed by atoms with E-state index in [1.54, 1.807) is 12.1 Å². The Morgan fingerprint density at radius 2 is 2.10 bits per heavy atom. The fraction of sp³-hybridized carbons (Fsp3) is 0.500. The van der Waals surface area contributed by atoms with Gasteiger partial charge in [-0.1, -0.05) is 19.9 Å². The van der Waals surface area contributed by atoms with Crippen LogP contribution >= 0.6 is 12.4 Å². The molecular weight excluding hydrogens is 304 g/mol. The Kier molecular flexibility index (Phi) is 5.39. The van der Waals surface area contributed by atoms with Gasteiger partial charge in [-0.2, -0.15) is 0 Å². The lowest BCUT2D eigenvalue weighted by Gasteiger charge is -2.32. The maximum absolute atomic E-state index is 14.0. The molecule has 21 heavy (non-hydrogen) atoms. The third kappa shape index (κ3) is 3.56. The van der Waals surface area contributed by atoms with Gasteiger partial charge < -0.3 is 14.8 Å². The number of hydrogen-bond acceptors (Lipinski definition) is 3. The lowest BCUT2D eigenvalue weighted by Crippen LogP contribution is -2.49. The Hall–Kier alpha value is -1.56. The SMILES string of the molecule is COc1ccc(C(C)C)cc1[C@H]1NC(=O)OCC1(F)F.Cl. The van der Waals surface area contributed by atoms with Crippen molar-refractivity contribution in [2.24, 2.45) is 0 Å². The normalized spacial score (nSPS) is 20.3. The number of rotatable bonds is 3. The molecule has 0 aromatic heterocycles. The Balaban J connectivity index is 0.00000220. The minimum absolute atomic E-state index is 0. The number of carbonyl (C=O) groups is 1. The molecule has 0 spiro atoms. The number of benzene rings is 1. The second-order valence-electron chi connectivity index (χ2n) is 5.07. The van der Waals surface area contributed by atoms with E-state index >= 15 is 0 Å². The van der Waals surface area contributed by atoms with Crippen LogP contribution in [0.15, 0.2) is 18.2 Å². The van der Waals surface area contributed by atoms with E-state index in [1.807, 2.05) is 19.9 Å². The Bertz CT molecular complexity index is 523. The van der Waals surface area contributed by atoms with E-state index in [4.69, 9.17) is 4.74 Å². The molecule has 2 rings (SSSR count). The molecule has 1 aromatic carbocycles. The van der Waals surface area contributed by atoms with Crippen LogP contribution in [0.4, 0.5) is 13.6 Å². The van der Waals surface area contributed by atoms with Crippen LogP contribution in [0.3, 0.4) is 0 Å². The first kappa shape index (κ1) is 17.5. The number of nitrogens with one attached hydrogen (secondary N) is 1. The summed E-state index contributed by atoms with van der Waals surface area (Å²) in [6.07, 6.45) is -0.849. The fourth-order valence-electron chi connectivity index (χ4n) is 2.15. The van der Waals surface area contributed by atoms with Gasteiger partial charge in [0.1, 0.15) is 11.8 Å². The van der Waals surface area contributed by atoms with E-state index in [0.717, 1.165) is 5.56 Å². The van der Waals surface area contributed by atoms with Crippen LogP contribution in [0, 0.1) is 0 Å². The van der Waals surface area contributed by atoms with Crippen LogP contribution in [-0.2, 0) is 4.74 Å². The van der Waals surface area contributed by atoms with Gasteiger partial charge in [-0.15, -0.1) is 12.4 Å². The van der Waals surface area contributed by atoms with Crippen molar-refractivity contribution in [2.45, 2.75) is 31.7 Å². The number of methoxy groups -OCH3 is 1. The largest absolute Gasteiger partial charge is 0.496 e. The van der Waals surface area contributed by atoms with Crippen LogP contribution < -0.4 is 10.1 Å². The smallest absolute Gasteiger partial charge is 0.408 e. The maximum atomic E-state index is 14.0. The second kappa shape index (κ2) is 6.47. The molecule has 0 aliphatic carbocycles. The second-order valence-corrected chi connectivity index (χ2v) is 5.07. The molecule has 1 N–H and O–H groups in total. The lowest BCUT2D eigenvalue weighted by atomic mass is 9.93. The van der Waals surface area contributed by atoms with Crippen LogP contribution in [0.2, 0.25) is 0 Å². The van der Waals surface area contributed by atoms with Crippen LogP contribution in [-0.4, -0.2) is 25.7 Å². The molecule has 1 atom stereocenters. The Morgan fingerprint density at radius 3 is 2.67 bits per heavy atom. The monoisotopic (exact) mass is 321 g/mol. The van der Waals surface area contributed by atoms with Crippen molar-refractivity contribution < 1.29 is 23.0 Å². The number of halogens is 3. The number of carbonyl (C=O) groups excluding carboxylic acids is 1. The summed E-state index contributed by atoms with van der Waals surface area (Å²) >= 11 is 0. The maximum Gasteiger partial charge on any atom is 0.408 e. The van der Waals surface area contributed by atoms with E-state index in [0.29, 0.717) is 5.75 Å². The first-order valence-electron chi connectivity index (χ1n) is 6.34. The summed E-state index contributed by atoms with van der Waals surface area (Å²) in [5.41, 5.74) is 1.16. The van der Waals surface area contributed by atoms with Crippen molar-refractivity contribution in [1.29, 1.82) is 0 Å². The summed E-state index contributed by atoms with van der Waals surface area (Å²) in [5.74, 6) is -2.68. The minimum atomic E-state index is -3.18. The van der Waals surface area contributed by atoms with Crippen LogP contribution in [0.5, 0.6) is 5.75 Å². The lowest BCUT2D eigenvalue weighted by molar-refractivity contribution is -0.104. The molecule has 118 valence electrons. The van der Waals surface area contributed by atoms with Gasteiger partial charge in [-0.3, -0.25) is 0 Å². The molecule has 1 amide bonds. The molecule has 1 aromatic rings. The van der Waals surface area contributed by atoms with Crippen molar-refractivity contribution in [3.63, 3.8) is 0 Å². The number of alkyl halides is 2. The fourth-order valence-corrected chi connectivity index (χ4v) is 2.15. The van der Waals surface area contributed by atoms with Crippen molar-refractivity contribution in [1.82, 2.24) is 5.32 Å². The van der Waals surface area contributed by atoms with Crippen molar-refractivity contribution in [3.05, 3.63) is 29.3 Å². The standard InChI is InChI=1S/C14H17F2NO3.ClH/c1-8(2)9-4-5-11(19-3)10(6-9)12-14(15,16)7-20-13(18)17-12;/h4-6,8,12H,7H2,1-3H3,(H,17,18);1H/t12-;/m1./s1. The van der Waals surface area contributed by atoms with Gasteiger partial charge in [-0.05, 0) is 23.6 Å². The third-order valence-electron chi connectivity index (χ3n) is 3.31. The van der Waals surface area contributed by atoms with E-state index in [-0.39, 0.29) is 23.9 Å². The summed E-state index contributed by atoms with van der Waals surface area (Å²) in [5, 5.41) is 2.17. The summed E-state index contributed by atoms with van der Waals surface area (Å²) in [6.45, 7) is 3.00. The molecule has 0 bridgehead atoms. The summed E-state index contributed by atoms with van der Waals surface area (Å²) in [4.78, 5) is 11.2. The summed E-state index contributed by atoms with van der Waals surface area (Å²) in [6, 6.07) is 3.67. The average molecular weight is 322 g/mol. The molecular formula is C14H18ClF2NO3. The van der Waals surface area contributed by atoms with E-state index < -0.39 is 24.7 Å². The Morgan fingerprint density at radius 1 is 1.43 bits per heavy atom. The highest BCUT2D eigenvalue weighted by atomic mass is 35.5. The molecule has 1 fully saturated rings. The zero-order valence-corrected chi connectivity index (χ0v) is 12.8. The third-order valence-corrected chi connectivity index (χ3v) is 3.31. The average Bonchev–Trinajstić information content (AvgIpc) is 2.40. The zero-order valence-electron chi connectivity index (χ0n) is 12.0. The highest BCUT2D eigenvalue weighted by Crippen LogP contribution is 2.39. The van der Waals surface area contributed by atoms with Gasteiger partial charge in [0.25, 0.3) is 0 Å². The van der Waals surface area contributed by atoms with E-state index in [2.05, 4.69) is 10.1 Å². The van der Waals surface area contributed by atoms with Crippen molar-refractivity contribution in [3.8, 4) is 5.75 Å². The topological polar surface area (TPSA) is 47.6 Å². The zero-order chi connectivity index (χ0) is 14.9. The summed E-state index contributed by atoms with van der Waals surface area (Å²) in [7, 11) is 1.41. The number of cyclic esters (lactones) is 1. The van der Waals surface area contributed by atoms with E-state index in [1.165, 1.54) is 7.11 Å². The molecule has 7 heteroatoms. The predicted octanol–water partition coefficient (Wildman–Crippen LogP) is 3.66.